The highest BCUT2D eigenvalue weighted by Gasteiger charge is 2.27. The van der Waals surface area contributed by atoms with E-state index in [2.05, 4.69) is 22.5 Å². The topological polar surface area (TPSA) is 96.2 Å². The molecule has 3 amide bonds. The fourth-order valence-electron chi connectivity index (χ4n) is 2.48. The fraction of sp³-hybridized carbons (Fsp3) is 0.375. The first-order valence-corrected chi connectivity index (χ1v) is 7.40. The van der Waals surface area contributed by atoms with Gasteiger partial charge in [-0.1, -0.05) is 6.08 Å². The Bertz CT molecular complexity index is 542. The van der Waals surface area contributed by atoms with Crippen LogP contribution >= 0.6 is 0 Å². The van der Waals surface area contributed by atoms with Crippen LogP contribution in [0.4, 0.5) is 16.2 Å². The van der Waals surface area contributed by atoms with Crippen molar-refractivity contribution >= 4 is 23.3 Å². The van der Waals surface area contributed by atoms with Crippen LogP contribution in [0.1, 0.15) is 19.3 Å². The van der Waals surface area contributed by atoms with Crippen molar-refractivity contribution in [2.24, 2.45) is 11.7 Å². The molecule has 2 atom stereocenters. The van der Waals surface area contributed by atoms with E-state index in [1.54, 1.807) is 30.3 Å². The first kappa shape index (κ1) is 16.0. The molecular formula is C16H22N4O2. The summed E-state index contributed by atoms with van der Waals surface area (Å²) in [5, 5.41) is 8.19. The van der Waals surface area contributed by atoms with Crippen LogP contribution in [0.3, 0.4) is 0 Å². The maximum Gasteiger partial charge on any atom is 0.319 e. The molecule has 6 nitrogen and oxygen atoms in total. The van der Waals surface area contributed by atoms with Crippen molar-refractivity contribution in [2.75, 3.05) is 17.2 Å². The number of amides is 3. The predicted octanol–water partition coefficient (Wildman–Crippen LogP) is 2.06. The summed E-state index contributed by atoms with van der Waals surface area (Å²) in [6.45, 7) is 3.93. The van der Waals surface area contributed by atoms with Gasteiger partial charge in [-0.25, -0.2) is 4.79 Å². The van der Waals surface area contributed by atoms with Crippen molar-refractivity contribution in [1.29, 1.82) is 0 Å². The summed E-state index contributed by atoms with van der Waals surface area (Å²) in [6.07, 6.45) is 4.10. The summed E-state index contributed by atoms with van der Waals surface area (Å²) in [7, 11) is 0. The second-order valence-corrected chi connectivity index (χ2v) is 5.46. The molecule has 1 fully saturated rings. The normalized spacial score (nSPS) is 20.2. The Labute approximate surface area is 130 Å². The number of hydrogen-bond donors (Lipinski definition) is 4. The van der Waals surface area contributed by atoms with Gasteiger partial charge in [0.25, 0.3) is 0 Å². The highest BCUT2D eigenvalue weighted by molar-refractivity contribution is 5.93. The van der Waals surface area contributed by atoms with E-state index in [9.17, 15) is 9.59 Å². The van der Waals surface area contributed by atoms with Crippen LogP contribution in [-0.4, -0.2) is 24.5 Å². The summed E-state index contributed by atoms with van der Waals surface area (Å²) in [5.74, 6) is 0.00914. The van der Waals surface area contributed by atoms with Gasteiger partial charge in [-0.15, -0.1) is 6.58 Å². The third-order valence-electron chi connectivity index (χ3n) is 3.66. The van der Waals surface area contributed by atoms with Crippen LogP contribution in [0.25, 0.3) is 0 Å². The number of benzene rings is 1. The largest absolute Gasteiger partial charge is 0.334 e. The monoisotopic (exact) mass is 302 g/mol. The summed E-state index contributed by atoms with van der Waals surface area (Å²) in [4.78, 5) is 23.6. The smallest absolute Gasteiger partial charge is 0.319 e. The number of hydrogen-bond acceptors (Lipinski definition) is 3. The van der Waals surface area contributed by atoms with Crippen LogP contribution in [0.5, 0.6) is 0 Å². The average Bonchev–Trinajstić information content (AvgIpc) is 2.94. The number of nitrogens with one attached hydrogen (secondary N) is 3. The van der Waals surface area contributed by atoms with Crippen LogP contribution in [0, 0.1) is 5.92 Å². The van der Waals surface area contributed by atoms with Crippen molar-refractivity contribution < 1.29 is 9.59 Å². The molecular weight excluding hydrogens is 280 g/mol. The van der Waals surface area contributed by atoms with Gasteiger partial charge in [-0.3, -0.25) is 4.79 Å². The van der Waals surface area contributed by atoms with Gasteiger partial charge in [0.2, 0.25) is 5.91 Å². The van der Waals surface area contributed by atoms with E-state index in [0.717, 1.165) is 19.3 Å². The Morgan fingerprint density at radius 2 is 1.82 bits per heavy atom. The Hall–Kier alpha value is -2.34. The maximum absolute atomic E-state index is 12.1. The number of anilines is 2. The standard InChI is InChI=1S/C16H22N4O2/c1-2-9-18-16(22)20-14-7-5-13(6-8-14)19-15(21)11-3-4-12(17)10-11/h2,5-8,11-12H,1,3-4,9-10,17H2,(H,19,21)(H2,18,20,22). The SMILES string of the molecule is C=CCNC(=O)Nc1ccc(NC(=O)C2CCC(N)C2)cc1. The van der Waals surface area contributed by atoms with E-state index < -0.39 is 0 Å². The van der Waals surface area contributed by atoms with Crippen molar-refractivity contribution in [2.45, 2.75) is 25.3 Å². The molecule has 2 rings (SSSR count). The molecule has 118 valence electrons. The molecule has 0 bridgehead atoms. The van der Waals surface area contributed by atoms with Gasteiger partial charge in [-0.2, -0.15) is 0 Å². The molecule has 22 heavy (non-hydrogen) atoms. The summed E-state index contributed by atoms with van der Waals surface area (Å²) >= 11 is 0. The molecule has 5 N–H and O–H groups in total. The van der Waals surface area contributed by atoms with Crippen molar-refractivity contribution in [3.05, 3.63) is 36.9 Å². The third kappa shape index (κ3) is 4.60. The molecule has 1 saturated carbocycles. The van der Waals surface area contributed by atoms with E-state index >= 15 is 0 Å². The van der Waals surface area contributed by atoms with Crippen LogP contribution in [-0.2, 0) is 4.79 Å². The van der Waals surface area contributed by atoms with Gasteiger partial charge in [0, 0.05) is 29.9 Å². The molecule has 6 heteroatoms. The third-order valence-corrected chi connectivity index (χ3v) is 3.66. The minimum absolute atomic E-state index is 0.00233. The minimum Gasteiger partial charge on any atom is -0.334 e. The zero-order chi connectivity index (χ0) is 15.9. The molecule has 0 saturated heterocycles. The lowest BCUT2D eigenvalue weighted by molar-refractivity contribution is -0.119. The van der Waals surface area contributed by atoms with Gasteiger partial charge < -0.3 is 21.7 Å². The van der Waals surface area contributed by atoms with Crippen molar-refractivity contribution in [3.8, 4) is 0 Å². The van der Waals surface area contributed by atoms with Crippen LogP contribution in [0.2, 0.25) is 0 Å². The molecule has 0 aromatic heterocycles. The lowest BCUT2D eigenvalue weighted by Gasteiger charge is -2.11. The number of carbonyl (C=O) groups is 2. The Morgan fingerprint density at radius 1 is 1.18 bits per heavy atom. The number of nitrogens with two attached hydrogens (primary N) is 1. The molecule has 1 aromatic rings. The zero-order valence-electron chi connectivity index (χ0n) is 12.5. The second-order valence-electron chi connectivity index (χ2n) is 5.46. The molecule has 0 spiro atoms. The van der Waals surface area contributed by atoms with Crippen molar-refractivity contribution in [3.63, 3.8) is 0 Å². The molecule has 1 aliphatic rings. The van der Waals surface area contributed by atoms with Gasteiger partial charge in [-0.05, 0) is 43.5 Å². The highest BCUT2D eigenvalue weighted by atomic mass is 16.2. The van der Waals surface area contributed by atoms with Crippen molar-refractivity contribution in [1.82, 2.24) is 5.32 Å². The highest BCUT2D eigenvalue weighted by Crippen LogP contribution is 2.25. The Balaban J connectivity index is 1.85. The van der Waals surface area contributed by atoms with Gasteiger partial charge >= 0.3 is 6.03 Å². The lowest BCUT2D eigenvalue weighted by atomic mass is 10.1. The summed E-state index contributed by atoms with van der Waals surface area (Å²) in [5.41, 5.74) is 7.19. The first-order chi connectivity index (χ1) is 10.6. The molecule has 1 aliphatic carbocycles. The summed E-state index contributed by atoms with van der Waals surface area (Å²) in [6, 6.07) is 6.84. The summed E-state index contributed by atoms with van der Waals surface area (Å²) < 4.78 is 0. The molecule has 1 aromatic carbocycles. The Kier molecular flexibility index (Phi) is 5.55. The Morgan fingerprint density at radius 3 is 2.36 bits per heavy atom. The molecule has 2 unspecified atom stereocenters. The fourth-order valence-corrected chi connectivity index (χ4v) is 2.48. The molecule has 0 heterocycles. The van der Waals surface area contributed by atoms with Gasteiger partial charge in [0.15, 0.2) is 0 Å². The first-order valence-electron chi connectivity index (χ1n) is 7.40. The quantitative estimate of drug-likeness (QED) is 0.627. The van der Waals surface area contributed by atoms with Crippen LogP contribution < -0.4 is 21.7 Å². The van der Waals surface area contributed by atoms with E-state index in [0.29, 0.717) is 17.9 Å². The molecule has 0 aliphatic heterocycles. The lowest BCUT2D eigenvalue weighted by Crippen LogP contribution is -2.28. The van der Waals surface area contributed by atoms with Crippen LogP contribution in [0.15, 0.2) is 36.9 Å². The predicted molar refractivity (Wildman–Crippen MR) is 87.6 cm³/mol. The van der Waals surface area contributed by atoms with E-state index in [-0.39, 0.29) is 23.9 Å². The second kappa shape index (κ2) is 7.61. The number of urea groups is 1. The number of rotatable bonds is 5. The minimum atomic E-state index is -0.295. The van der Waals surface area contributed by atoms with E-state index in [1.165, 1.54) is 0 Å². The van der Waals surface area contributed by atoms with Gasteiger partial charge in [0.05, 0.1) is 0 Å². The van der Waals surface area contributed by atoms with E-state index in [4.69, 9.17) is 5.73 Å². The number of carbonyl (C=O) groups excluding carboxylic acids is 2. The van der Waals surface area contributed by atoms with Gasteiger partial charge in [0.1, 0.15) is 0 Å². The van der Waals surface area contributed by atoms with E-state index in [1.807, 2.05) is 0 Å². The maximum atomic E-state index is 12.1. The average molecular weight is 302 g/mol. The zero-order valence-corrected chi connectivity index (χ0v) is 12.5. The molecule has 0 radical (unpaired) electrons.